The fourth-order valence-electron chi connectivity index (χ4n) is 3.38. The molecule has 1 heterocycles. The molecule has 0 bridgehead atoms. The molecule has 146 valence electrons. The zero-order chi connectivity index (χ0) is 20.3. The van der Waals surface area contributed by atoms with Crippen molar-refractivity contribution in [3.05, 3.63) is 73.7 Å². The molecule has 0 radical (unpaired) electrons. The SMILES string of the molecule is CCOC(=O)c1cc(C(=O)N2CCCC2c2ccc(Br)cc2)cc([N+](=O)[O-])c1. The van der Waals surface area contributed by atoms with E-state index in [1.54, 1.807) is 11.8 Å². The fourth-order valence-corrected chi connectivity index (χ4v) is 3.64. The van der Waals surface area contributed by atoms with Gasteiger partial charge in [0, 0.05) is 28.7 Å². The van der Waals surface area contributed by atoms with Gasteiger partial charge in [0.05, 0.1) is 23.1 Å². The van der Waals surface area contributed by atoms with Gasteiger partial charge in [-0.3, -0.25) is 14.9 Å². The summed E-state index contributed by atoms with van der Waals surface area (Å²) in [6.07, 6.45) is 1.65. The summed E-state index contributed by atoms with van der Waals surface area (Å²) >= 11 is 3.40. The van der Waals surface area contributed by atoms with Crippen LogP contribution in [-0.4, -0.2) is 34.9 Å². The predicted molar refractivity (Wildman–Crippen MR) is 106 cm³/mol. The Labute approximate surface area is 170 Å². The van der Waals surface area contributed by atoms with Gasteiger partial charge in [0.2, 0.25) is 0 Å². The smallest absolute Gasteiger partial charge is 0.338 e. The molecule has 1 atom stereocenters. The molecular weight excluding hydrogens is 428 g/mol. The second-order valence-electron chi connectivity index (χ2n) is 6.45. The molecule has 0 saturated carbocycles. The number of esters is 1. The van der Waals surface area contributed by atoms with Crippen molar-refractivity contribution in [3.8, 4) is 0 Å². The lowest BCUT2D eigenvalue weighted by molar-refractivity contribution is -0.384. The monoisotopic (exact) mass is 446 g/mol. The van der Waals surface area contributed by atoms with Crippen LogP contribution in [0.1, 0.15) is 52.1 Å². The van der Waals surface area contributed by atoms with E-state index in [0.29, 0.717) is 6.54 Å². The molecule has 1 fully saturated rings. The molecule has 0 aromatic heterocycles. The van der Waals surface area contributed by atoms with Gasteiger partial charge >= 0.3 is 5.97 Å². The number of amides is 1. The maximum atomic E-state index is 13.1. The minimum atomic E-state index is -0.689. The second kappa shape index (κ2) is 8.52. The number of hydrogen-bond acceptors (Lipinski definition) is 5. The first kappa shape index (κ1) is 20.0. The normalized spacial score (nSPS) is 16.1. The third-order valence-electron chi connectivity index (χ3n) is 4.66. The number of benzene rings is 2. The standard InChI is InChI=1S/C20H19BrN2O5/c1-2-28-20(25)15-10-14(11-17(12-15)23(26)27)19(24)22-9-3-4-18(22)13-5-7-16(21)8-6-13/h5-8,10-12,18H,2-4,9H2,1H3. The van der Waals surface area contributed by atoms with Crippen molar-refractivity contribution < 1.29 is 19.2 Å². The van der Waals surface area contributed by atoms with Gasteiger partial charge in [-0.05, 0) is 43.5 Å². The molecular formula is C20H19BrN2O5. The molecule has 1 amide bonds. The largest absolute Gasteiger partial charge is 0.462 e. The molecule has 1 aliphatic rings. The van der Waals surface area contributed by atoms with Crippen LogP contribution in [0.3, 0.4) is 0 Å². The summed E-state index contributed by atoms with van der Waals surface area (Å²) in [5, 5.41) is 11.3. The van der Waals surface area contributed by atoms with Crippen LogP contribution in [0.4, 0.5) is 5.69 Å². The minimum absolute atomic E-state index is 0.00112. The van der Waals surface area contributed by atoms with Gasteiger partial charge < -0.3 is 9.64 Å². The average Bonchev–Trinajstić information content (AvgIpc) is 3.17. The second-order valence-corrected chi connectivity index (χ2v) is 7.37. The topological polar surface area (TPSA) is 89.8 Å². The average molecular weight is 447 g/mol. The Bertz CT molecular complexity index is 913. The predicted octanol–water partition coefficient (Wildman–Crippen LogP) is 4.51. The number of ether oxygens (including phenoxy) is 1. The van der Waals surface area contributed by atoms with E-state index in [2.05, 4.69) is 15.9 Å². The van der Waals surface area contributed by atoms with Gasteiger partial charge in [-0.25, -0.2) is 4.79 Å². The Kier molecular flexibility index (Phi) is 6.08. The summed E-state index contributed by atoms with van der Waals surface area (Å²) in [7, 11) is 0. The van der Waals surface area contributed by atoms with Crippen molar-refractivity contribution in [2.75, 3.05) is 13.2 Å². The molecule has 1 unspecified atom stereocenters. The van der Waals surface area contributed by atoms with E-state index in [-0.39, 0.29) is 35.4 Å². The van der Waals surface area contributed by atoms with Gasteiger partial charge in [-0.1, -0.05) is 28.1 Å². The van der Waals surface area contributed by atoms with Crippen LogP contribution in [0, 0.1) is 10.1 Å². The number of nitro groups is 1. The highest BCUT2D eigenvalue weighted by Gasteiger charge is 2.31. The Morgan fingerprint density at radius 3 is 2.54 bits per heavy atom. The van der Waals surface area contributed by atoms with Crippen LogP contribution in [0.15, 0.2) is 46.9 Å². The number of non-ortho nitro benzene ring substituents is 1. The molecule has 0 N–H and O–H groups in total. The van der Waals surface area contributed by atoms with Crippen molar-refractivity contribution in [2.45, 2.75) is 25.8 Å². The third kappa shape index (κ3) is 4.22. The Hall–Kier alpha value is -2.74. The van der Waals surface area contributed by atoms with Crippen LogP contribution >= 0.6 is 15.9 Å². The minimum Gasteiger partial charge on any atom is -0.462 e. The Balaban J connectivity index is 1.95. The zero-order valence-corrected chi connectivity index (χ0v) is 16.8. The van der Waals surface area contributed by atoms with Crippen molar-refractivity contribution in [3.63, 3.8) is 0 Å². The highest BCUT2D eigenvalue weighted by molar-refractivity contribution is 9.10. The van der Waals surface area contributed by atoms with Crippen LogP contribution in [0.2, 0.25) is 0 Å². The first-order chi connectivity index (χ1) is 13.4. The first-order valence-corrected chi connectivity index (χ1v) is 9.73. The molecule has 1 saturated heterocycles. The molecule has 1 aliphatic heterocycles. The van der Waals surface area contributed by atoms with Crippen molar-refractivity contribution in [2.24, 2.45) is 0 Å². The summed E-state index contributed by atoms with van der Waals surface area (Å²) in [6.45, 7) is 2.34. The number of hydrogen-bond donors (Lipinski definition) is 0. The van der Waals surface area contributed by atoms with E-state index in [9.17, 15) is 19.7 Å². The maximum Gasteiger partial charge on any atom is 0.338 e. The van der Waals surface area contributed by atoms with Crippen molar-refractivity contribution >= 4 is 33.5 Å². The lowest BCUT2D eigenvalue weighted by atomic mass is 10.0. The molecule has 8 heteroatoms. The van der Waals surface area contributed by atoms with E-state index < -0.39 is 10.9 Å². The van der Waals surface area contributed by atoms with E-state index in [0.717, 1.165) is 28.9 Å². The van der Waals surface area contributed by atoms with Gasteiger partial charge in [-0.15, -0.1) is 0 Å². The van der Waals surface area contributed by atoms with Gasteiger partial charge in [-0.2, -0.15) is 0 Å². The third-order valence-corrected chi connectivity index (χ3v) is 5.18. The highest BCUT2D eigenvalue weighted by atomic mass is 79.9. The molecule has 7 nitrogen and oxygen atoms in total. The van der Waals surface area contributed by atoms with Crippen LogP contribution < -0.4 is 0 Å². The summed E-state index contributed by atoms with van der Waals surface area (Å²) in [5.41, 5.74) is 0.804. The van der Waals surface area contributed by atoms with E-state index in [1.807, 2.05) is 24.3 Å². The summed E-state index contributed by atoms with van der Waals surface area (Å²) in [4.78, 5) is 37.6. The number of likely N-dealkylation sites (tertiary alicyclic amines) is 1. The van der Waals surface area contributed by atoms with E-state index >= 15 is 0 Å². The number of rotatable bonds is 5. The van der Waals surface area contributed by atoms with Crippen LogP contribution in [-0.2, 0) is 4.74 Å². The molecule has 2 aromatic carbocycles. The first-order valence-electron chi connectivity index (χ1n) is 8.93. The van der Waals surface area contributed by atoms with E-state index in [4.69, 9.17) is 4.74 Å². The number of nitro benzene ring substituents is 1. The number of nitrogens with zero attached hydrogens (tertiary/aromatic N) is 2. The van der Waals surface area contributed by atoms with Crippen molar-refractivity contribution in [1.29, 1.82) is 0 Å². The zero-order valence-electron chi connectivity index (χ0n) is 15.3. The Morgan fingerprint density at radius 2 is 1.89 bits per heavy atom. The van der Waals surface area contributed by atoms with Crippen LogP contribution in [0.5, 0.6) is 0 Å². The van der Waals surface area contributed by atoms with E-state index in [1.165, 1.54) is 12.1 Å². The molecule has 3 rings (SSSR count). The molecule has 0 aliphatic carbocycles. The molecule has 0 spiro atoms. The quantitative estimate of drug-likeness (QED) is 0.382. The number of carbonyl (C=O) groups excluding carboxylic acids is 2. The maximum absolute atomic E-state index is 13.1. The van der Waals surface area contributed by atoms with Gasteiger partial charge in [0.15, 0.2) is 0 Å². The highest BCUT2D eigenvalue weighted by Crippen LogP contribution is 2.34. The van der Waals surface area contributed by atoms with Gasteiger partial charge in [0.25, 0.3) is 11.6 Å². The summed E-state index contributed by atoms with van der Waals surface area (Å²) < 4.78 is 5.88. The number of carbonyl (C=O) groups is 2. The van der Waals surface area contributed by atoms with Gasteiger partial charge in [0.1, 0.15) is 0 Å². The molecule has 28 heavy (non-hydrogen) atoms. The van der Waals surface area contributed by atoms with Crippen LogP contribution in [0.25, 0.3) is 0 Å². The van der Waals surface area contributed by atoms with Crippen molar-refractivity contribution in [1.82, 2.24) is 4.90 Å². The number of halogens is 1. The fraction of sp³-hybridized carbons (Fsp3) is 0.300. The summed E-state index contributed by atoms with van der Waals surface area (Å²) in [6, 6.07) is 11.4. The Morgan fingerprint density at radius 1 is 1.21 bits per heavy atom. The lowest BCUT2D eigenvalue weighted by Crippen LogP contribution is -2.30. The summed E-state index contributed by atoms with van der Waals surface area (Å²) in [5.74, 6) is -1.02. The molecule has 2 aromatic rings. The lowest BCUT2D eigenvalue weighted by Gasteiger charge is -2.25.